The molecule has 0 aromatic heterocycles. The number of benzene rings is 2. The molecule has 2 atom stereocenters. The number of rotatable bonds is 5. The number of hydrogen-bond donors (Lipinski definition) is 2. The maximum atomic E-state index is 14.2. The van der Waals surface area contributed by atoms with Crippen molar-refractivity contribution in [3.05, 3.63) is 64.7 Å². The van der Waals surface area contributed by atoms with E-state index in [-0.39, 0.29) is 36.7 Å². The number of likely N-dealkylation sites (tertiary alicyclic amines) is 1. The molecular formula is C29H30F8N4O4. The van der Waals surface area contributed by atoms with Crippen LogP contribution in [0.2, 0.25) is 0 Å². The van der Waals surface area contributed by atoms with Crippen molar-refractivity contribution in [2.45, 2.75) is 56.0 Å². The normalized spacial score (nSPS) is 22.2. The van der Waals surface area contributed by atoms with Gasteiger partial charge in [-0.05, 0) is 61.6 Å². The zero-order valence-electron chi connectivity index (χ0n) is 24.1. The van der Waals surface area contributed by atoms with Crippen molar-refractivity contribution < 1.29 is 54.6 Å². The summed E-state index contributed by atoms with van der Waals surface area (Å²) in [6.45, 7) is -0.146. The Morgan fingerprint density at radius 3 is 1.93 bits per heavy atom. The minimum Gasteiger partial charge on any atom is -0.465 e. The molecule has 2 aliphatic rings. The molecule has 4 amide bonds. The Hall–Kier alpha value is -4.11. The Morgan fingerprint density at radius 2 is 1.42 bits per heavy atom. The third-order valence-electron chi connectivity index (χ3n) is 8.42. The van der Waals surface area contributed by atoms with Crippen molar-refractivity contribution in [2.24, 2.45) is 5.92 Å². The van der Waals surface area contributed by atoms with Crippen LogP contribution >= 0.6 is 0 Å². The number of carbonyl (C=O) groups is 3. The molecule has 0 bridgehead atoms. The van der Waals surface area contributed by atoms with Gasteiger partial charge in [0.25, 0.3) is 0 Å². The second kappa shape index (κ2) is 12.7. The van der Waals surface area contributed by atoms with E-state index in [0.29, 0.717) is 42.7 Å². The van der Waals surface area contributed by atoms with Gasteiger partial charge in [-0.1, -0.05) is 6.07 Å². The lowest BCUT2D eigenvalue weighted by Crippen LogP contribution is -2.48. The van der Waals surface area contributed by atoms with Crippen LogP contribution in [0.25, 0.3) is 0 Å². The summed E-state index contributed by atoms with van der Waals surface area (Å²) in [4.78, 5) is 41.1. The summed E-state index contributed by atoms with van der Waals surface area (Å²) in [6.07, 6.45) is -9.90. The van der Waals surface area contributed by atoms with Crippen LogP contribution < -0.4 is 10.2 Å². The van der Waals surface area contributed by atoms with E-state index in [2.05, 4.69) is 5.32 Å². The van der Waals surface area contributed by atoms with Gasteiger partial charge in [-0.2, -0.15) is 26.3 Å². The van der Waals surface area contributed by atoms with Crippen molar-refractivity contribution in [3.8, 4) is 0 Å². The minimum absolute atomic E-state index is 0.0367. The predicted octanol–water partition coefficient (Wildman–Crippen LogP) is 6.31. The molecule has 16 heteroatoms. The van der Waals surface area contributed by atoms with Crippen LogP contribution in [0.4, 0.5) is 50.4 Å². The maximum absolute atomic E-state index is 14.2. The first-order valence-corrected chi connectivity index (χ1v) is 13.9. The maximum Gasteiger partial charge on any atom is 0.416 e. The number of anilines is 1. The largest absolute Gasteiger partial charge is 0.465 e. The first-order chi connectivity index (χ1) is 20.9. The smallest absolute Gasteiger partial charge is 0.416 e. The van der Waals surface area contributed by atoms with Crippen LogP contribution in [0.15, 0.2) is 36.4 Å². The fourth-order valence-electron chi connectivity index (χ4n) is 5.97. The summed E-state index contributed by atoms with van der Waals surface area (Å²) in [6, 6.07) is 1.57. The highest BCUT2D eigenvalue weighted by Crippen LogP contribution is 2.39. The van der Waals surface area contributed by atoms with Crippen molar-refractivity contribution in [1.29, 1.82) is 0 Å². The van der Waals surface area contributed by atoms with Crippen molar-refractivity contribution in [2.75, 3.05) is 32.1 Å². The van der Waals surface area contributed by atoms with E-state index in [1.165, 1.54) is 18.0 Å². The van der Waals surface area contributed by atoms with Crippen LogP contribution in [-0.2, 0) is 17.1 Å². The Bertz CT molecular complexity index is 1410. The monoisotopic (exact) mass is 650 g/mol. The van der Waals surface area contributed by atoms with Crippen LogP contribution in [0.5, 0.6) is 0 Å². The summed E-state index contributed by atoms with van der Waals surface area (Å²) in [5.74, 6) is -3.89. The van der Waals surface area contributed by atoms with E-state index in [0.717, 1.165) is 24.1 Å². The lowest BCUT2D eigenvalue weighted by molar-refractivity contribution is -0.143. The molecule has 1 saturated heterocycles. The van der Waals surface area contributed by atoms with E-state index in [9.17, 15) is 49.5 Å². The number of nitrogens with zero attached hydrogens (tertiary/aromatic N) is 3. The second-order valence-electron chi connectivity index (χ2n) is 11.3. The average molecular weight is 651 g/mol. The van der Waals surface area contributed by atoms with E-state index in [4.69, 9.17) is 5.11 Å². The van der Waals surface area contributed by atoms with Gasteiger partial charge in [0.05, 0.1) is 17.2 Å². The van der Waals surface area contributed by atoms with Gasteiger partial charge >= 0.3 is 24.5 Å². The van der Waals surface area contributed by atoms with E-state index in [1.54, 1.807) is 0 Å². The molecule has 45 heavy (non-hydrogen) atoms. The van der Waals surface area contributed by atoms with E-state index < -0.39 is 70.8 Å². The molecule has 8 nitrogen and oxygen atoms in total. The standard InChI is InChI=1S/C29H30F8N4O4/c1-39(20-11-17(28(32,33)34)10-18(12-20)29(35,36)37)27(45)40(2)24-14-41(13-21(24)16-5-8-22(30)23(31)9-16)25(42)15-3-6-19(7-4-15)38-26(43)44/h5,8-12,15,19,21,24,38H,3-4,6-7,13-14H2,1-2H3,(H,43,44)/t15?,19?,21-,24+/m0/s1. The summed E-state index contributed by atoms with van der Waals surface area (Å²) in [5, 5.41) is 11.3. The average Bonchev–Trinajstić information content (AvgIpc) is 3.41. The molecule has 0 spiro atoms. The molecule has 4 rings (SSSR count). The van der Waals surface area contributed by atoms with Gasteiger partial charge < -0.3 is 20.2 Å². The summed E-state index contributed by atoms with van der Waals surface area (Å²) in [7, 11) is 2.26. The van der Waals surface area contributed by atoms with Crippen molar-refractivity contribution in [1.82, 2.24) is 15.1 Å². The third-order valence-corrected chi connectivity index (χ3v) is 8.42. The minimum atomic E-state index is -5.14. The van der Waals surface area contributed by atoms with Gasteiger partial charge in [0.1, 0.15) is 0 Å². The lowest BCUT2D eigenvalue weighted by Gasteiger charge is -2.33. The molecule has 246 valence electrons. The molecule has 1 saturated carbocycles. The van der Waals surface area contributed by atoms with Gasteiger partial charge in [-0.15, -0.1) is 0 Å². The number of carboxylic acid groups (broad SMARTS) is 1. The Balaban J connectivity index is 1.61. The predicted molar refractivity (Wildman–Crippen MR) is 144 cm³/mol. The first kappa shape index (κ1) is 33.8. The van der Waals surface area contributed by atoms with Crippen molar-refractivity contribution in [3.63, 3.8) is 0 Å². The summed E-state index contributed by atoms with van der Waals surface area (Å²) in [5.41, 5.74) is -3.68. The number of amides is 4. The summed E-state index contributed by atoms with van der Waals surface area (Å²) < 4.78 is 109. The van der Waals surface area contributed by atoms with Gasteiger partial charge in [0.2, 0.25) is 5.91 Å². The highest BCUT2D eigenvalue weighted by atomic mass is 19.4. The Labute approximate surface area is 252 Å². The lowest BCUT2D eigenvalue weighted by atomic mass is 9.85. The Kier molecular flexibility index (Phi) is 9.54. The molecule has 2 aromatic carbocycles. The molecule has 0 radical (unpaired) electrons. The molecule has 1 heterocycles. The molecule has 1 aliphatic carbocycles. The van der Waals surface area contributed by atoms with E-state index >= 15 is 0 Å². The second-order valence-corrected chi connectivity index (χ2v) is 11.3. The Morgan fingerprint density at radius 1 is 0.844 bits per heavy atom. The van der Waals surface area contributed by atoms with E-state index in [1.807, 2.05) is 0 Å². The number of likely N-dealkylation sites (N-methyl/N-ethyl adjacent to an activating group) is 1. The van der Waals surface area contributed by atoms with Crippen LogP contribution in [0, 0.1) is 17.6 Å². The number of alkyl halides is 6. The number of hydrogen-bond acceptors (Lipinski definition) is 3. The molecule has 2 fully saturated rings. The fraction of sp³-hybridized carbons (Fsp3) is 0.483. The fourth-order valence-corrected chi connectivity index (χ4v) is 5.97. The number of urea groups is 1. The SMILES string of the molecule is CN(C(=O)N(C)[C@@H]1CN(C(=O)C2CCC(NC(=O)O)CC2)C[C@H]1c1ccc(F)c(F)c1)c1cc(C(F)(F)F)cc(C(F)(F)F)c1. The highest BCUT2D eigenvalue weighted by Gasteiger charge is 2.44. The molecule has 1 aliphatic heterocycles. The molecule has 0 unspecified atom stereocenters. The van der Waals surface area contributed by atoms with Crippen molar-refractivity contribution >= 4 is 23.7 Å². The van der Waals surface area contributed by atoms with Gasteiger partial charge in [0.15, 0.2) is 11.6 Å². The molecular weight excluding hydrogens is 620 g/mol. The zero-order chi connectivity index (χ0) is 33.4. The van der Waals surface area contributed by atoms with Crippen LogP contribution in [-0.4, -0.2) is 72.2 Å². The number of nitrogens with one attached hydrogen (secondary N) is 1. The quantitative estimate of drug-likeness (QED) is 0.371. The topological polar surface area (TPSA) is 93.2 Å². The zero-order valence-corrected chi connectivity index (χ0v) is 24.1. The van der Waals surface area contributed by atoms with Gasteiger partial charge in [-0.25, -0.2) is 18.4 Å². The van der Waals surface area contributed by atoms with Crippen LogP contribution in [0.1, 0.15) is 48.3 Å². The highest BCUT2D eigenvalue weighted by molar-refractivity contribution is 5.92. The summed E-state index contributed by atoms with van der Waals surface area (Å²) >= 11 is 0. The van der Waals surface area contributed by atoms with Gasteiger partial charge in [-0.3, -0.25) is 9.69 Å². The number of halogens is 8. The van der Waals surface area contributed by atoms with Crippen LogP contribution in [0.3, 0.4) is 0 Å². The van der Waals surface area contributed by atoms with Gasteiger partial charge in [0, 0.05) is 50.7 Å². The first-order valence-electron chi connectivity index (χ1n) is 13.9. The molecule has 2 N–H and O–H groups in total. The number of carbonyl (C=O) groups excluding carboxylic acids is 2. The molecule has 2 aromatic rings. The third kappa shape index (κ3) is 7.59.